The highest BCUT2D eigenvalue weighted by atomic mass is 32.2. The fourth-order valence-corrected chi connectivity index (χ4v) is 7.22. The summed E-state index contributed by atoms with van der Waals surface area (Å²) in [6, 6.07) is 12.6. The number of amides is 1. The molecule has 1 fully saturated rings. The van der Waals surface area contributed by atoms with Crippen LogP contribution < -0.4 is 5.43 Å². The maximum Gasteiger partial charge on any atom is 0.259 e. The maximum atomic E-state index is 13.6. The van der Waals surface area contributed by atoms with E-state index in [0.717, 1.165) is 17.5 Å². The lowest BCUT2D eigenvalue weighted by molar-refractivity contribution is 0.0621. The number of nitrogens with zero attached hydrogens (tertiary/aromatic N) is 3. The summed E-state index contributed by atoms with van der Waals surface area (Å²) >= 11 is 0. The lowest BCUT2D eigenvalue weighted by Gasteiger charge is -2.35. The molecule has 0 bridgehead atoms. The van der Waals surface area contributed by atoms with Crippen molar-refractivity contribution >= 4 is 26.8 Å². The number of likely N-dealkylation sites (tertiary alicyclic amines) is 1. The first-order valence-electron chi connectivity index (χ1n) is 12.7. The van der Waals surface area contributed by atoms with Crippen molar-refractivity contribution in [3.8, 4) is 0 Å². The summed E-state index contributed by atoms with van der Waals surface area (Å²) in [4.78, 5) is 28.9. The zero-order valence-corrected chi connectivity index (χ0v) is 21.9. The average Bonchev–Trinajstić information content (AvgIpc) is 2.87. The SMILES string of the molecule is CCn1cc(C(=O)N2C[C@H](C)C[C@H](C)C2)c(=O)c2cc(S(=O)(=O)N3CCc4ccccc4C3)ccc21. The summed E-state index contributed by atoms with van der Waals surface area (Å²) in [6.07, 6.45) is 3.34. The standard InChI is InChI=1S/C28H33N3O4S/c1-4-29-18-25(28(33)30-15-19(2)13-20(3)16-30)27(32)24-14-23(9-10-26(24)29)36(34,35)31-12-11-21-7-5-6-8-22(21)17-31/h5-10,14,18-20H,4,11-13,15-17H2,1-3H3/t19-,20+. The molecule has 0 radical (unpaired) electrons. The van der Waals surface area contributed by atoms with Gasteiger partial charge >= 0.3 is 0 Å². The molecule has 2 aromatic carbocycles. The summed E-state index contributed by atoms with van der Waals surface area (Å²) in [5.41, 5.74) is 2.48. The fourth-order valence-electron chi connectivity index (χ4n) is 5.77. The van der Waals surface area contributed by atoms with Crippen LogP contribution in [0.2, 0.25) is 0 Å². The van der Waals surface area contributed by atoms with Gasteiger partial charge in [0, 0.05) is 44.3 Å². The van der Waals surface area contributed by atoms with Gasteiger partial charge in [-0.3, -0.25) is 9.59 Å². The van der Waals surface area contributed by atoms with E-state index in [0.29, 0.717) is 56.5 Å². The molecule has 3 heterocycles. The van der Waals surface area contributed by atoms with Crippen LogP contribution in [0.3, 0.4) is 0 Å². The third-order valence-electron chi connectivity index (χ3n) is 7.51. The van der Waals surface area contributed by atoms with Gasteiger partial charge in [0.15, 0.2) is 0 Å². The van der Waals surface area contributed by atoms with E-state index in [1.807, 2.05) is 35.8 Å². The molecule has 190 valence electrons. The molecule has 0 unspecified atom stereocenters. The number of pyridine rings is 1. The predicted octanol–water partition coefficient (Wildman–Crippen LogP) is 3.89. The van der Waals surface area contributed by atoms with Gasteiger partial charge in [-0.05, 0) is 60.9 Å². The van der Waals surface area contributed by atoms with E-state index >= 15 is 0 Å². The quantitative estimate of drug-likeness (QED) is 0.537. The van der Waals surface area contributed by atoms with Gasteiger partial charge in [0.1, 0.15) is 5.56 Å². The second-order valence-corrected chi connectivity index (χ2v) is 12.3. The number of fused-ring (bicyclic) bond motifs is 2. The van der Waals surface area contributed by atoms with Crippen molar-refractivity contribution in [2.45, 2.75) is 51.6 Å². The molecule has 2 aliphatic rings. The third kappa shape index (κ3) is 4.37. The highest BCUT2D eigenvalue weighted by molar-refractivity contribution is 7.89. The van der Waals surface area contributed by atoms with Crippen molar-refractivity contribution in [2.75, 3.05) is 19.6 Å². The lowest BCUT2D eigenvalue weighted by Crippen LogP contribution is -2.44. The maximum absolute atomic E-state index is 13.6. The first-order valence-corrected chi connectivity index (χ1v) is 14.2. The van der Waals surface area contributed by atoms with Crippen LogP contribution in [0.1, 0.15) is 48.7 Å². The Labute approximate surface area is 212 Å². The van der Waals surface area contributed by atoms with Crippen molar-refractivity contribution in [3.05, 3.63) is 75.6 Å². The second kappa shape index (κ2) is 9.48. The molecule has 0 spiro atoms. The van der Waals surface area contributed by atoms with Crippen molar-refractivity contribution in [3.63, 3.8) is 0 Å². The van der Waals surface area contributed by atoms with Crippen molar-refractivity contribution in [1.29, 1.82) is 0 Å². The summed E-state index contributed by atoms with van der Waals surface area (Å²) in [5.74, 6) is 0.472. The van der Waals surface area contributed by atoms with Crippen LogP contribution in [0.15, 0.2) is 58.4 Å². The number of piperidine rings is 1. The van der Waals surface area contributed by atoms with E-state index in [4.69, 9.17) is 0 Å². The van der Waals surface area contributed by atoms with E-state index in [1.165, 1.54) is 10.4 Å². The summed E-state index contributed by atoms with van der Waals surface area (Å²) in [5, 5.41) is 0.263. The summed E-state index contributed by atoms with van der Waals surface area (Å²) in [6.45, 7) is 8.68. The molecule has 1 amide bonds. The predicted molar refractivity (Wildman–Crippen MR) is 140 cm³/mol. The minimum atomic E-state index is -3.81. The number of rotatable bonds is 4. The van der Waals surface area contributed by atoms with E-state index in [2.05, 4.69) is 13.8 Å². The number of carbonyl (C=O) groups is 1. The average molecular weight is 508 g/mol. The van der Waals surface area contributed by atoms with Crippen LogP contribution >= 0.6 is 0 Å². The number of aromatic nitrogens is 1. The number of hydrogen-bond donors (Lipinski definition) is 0. The molecular formula is C28H33N3O4S. The number of carbonyl (C=O) groups excluding carboxylic acids is 1. The van der Waals surface area contributed by atoms with Crippen molar-refractivity contribution in [2.24, 2.45) is 11.8 Å². The summed E-state index contributed by atoms with van der Waals surface area (Å²) < 4.78 is 30.5. The van der Waals surface area contributed by atoms with Crippen molar-refractivity contribution in [1.82, 2.24) is 13.8 Å². The topological polar surface area (TPSA) is 79.7 Å². The Bertz CT molecular complexity index is 1480. The van der Waals surface area contributed by atoms with Gasteiger partial charge in [-0.15, -0.1) is 0 Å². The largest absolute Gasteiger partial charge is 0.347 e. The van der Waals surface area contributed by atoms with Gasteiger partial charge < -0.3 is 9.47 Å². The molecule has 0 N–H and O–H groups in total. The molecule has 3 aromatic rings. The first-order chi connectivity index (χ1) is 17.2. The second-order valence-electron chi connectivity index (χ2n) is 10.4. The molecule has 5 rings (SSSR count). The van der Waals surface area contributed by atoms with Gasteiger partial charge in [0.05, 0.1) is 10.4 Å². The fraction of sp³-hybridized carbons (Fsp3) is 0.429. The van der Waals surface area contributed by atoms with Crippen LogP contribution in [-0.4, -0.2) is 47.7 Å². The molecule has 2 aliphatic heterocycles. The number of hydrogen-bond acceptors (Lipinski definition) is 4. The van der Waals surface area contributed by atoms with E-state index < -0.39 is 15.5 Å². The molecule has 8 heteroatoms. The minimum absolute atomic E-state index is 0.0824. The zero-order chi connectivity index (χ0) is 25.6. The van der Waals surface area contributed by atoms with Gasteiger partial charge in [-0.1, -0.05) is 38.1 Å². The molecule has 1 saturated heterocycles. The Kier molecular flexibility index (Phi) is 6.51. The molecule has 0 saturated carbocycles. The molecule has 1 aromatic heterocycles. The first kappa shape index (κ1) is 24.7. The molecule has 36 heavy (non-hydrogen) atoms. The Morgan fingerprint density at radius 1 is 1.03 bits per heavy atom. The van der Waals surface area contributed by atoms with Gasteiger partial charge in [0.25, 0.3) is 5.91 Å². The van der Waals surface area contributed by atoms with Crippen LogP contribution in [0.4, 0.5) is 0 Å². The Morgan fingerprint density at radius 3 is 2.42 bits per heavy atom. The Hall–Kier alpha value is -2.97. The number of benzene rings is 2. The molecule has 2 atom stereocenters. The normalized spacial score (nSPS) is 20.9. The number of sulfonamides is 1. The highest BCUT2D eigenvalue weighted by Crippen LogP contribution is 2.27. The van der Waals surface area contributed by atoms with Crippen molar-refractivity contribution < 1.29 is 13.2 Å². The van der Waals surface area contributed by atoms with Crippen LogP contribution in [0.25, 0.3) is 10.9 Å². The lowest BCUT2D eigenvalue weighted by atomic mass is 9.91. The number of aryl methyl sites for hydroxylation is 1. The zero-order valence-electron chi connectivity index (χ0n) is 21.1. The smallest absolute Gasteiger partial charge is 0.259 e. The van der Waals surface area contributed by atoms with Gasteiger partial charge in [-0.25, -0.2) is 8.42 Å². The highest BCUT2D eigenvalue weighted by Gasteiger charge is 2.31. The monoisotopic (exact) mass is 507 g/mol. The van der Waals surface area contributed by atoms with E-state index in [9.17, 15) is 18.0 Å². The van der Waals surface area contributed by atoms with Crippen LogP contribution in [0.5, 0.6) is 0 Å². The summed E-state index contributed by atoms with van der Waals surface area (Å²) in [7, 11) is -3.81. The third-order valence-corrected chi connectivity index (χ3v) is 9.35. The van der Waals surface area contributed by atoms with Gasteiger partial charge in [-0.2, -0.15) is 4.31 Å². The van der Waals surface area contributed by atoms with Gasteiger partial charge in [0.2, 0.25) is 15.5 Å². The van der Waals surface area contributed by atoms with Crippen LogP contribution in [0, 0.1) is 11.8 Å². The van der Waals surface area contributed by atoms with E-state index in [1.54, 1.807) is 23.2 Å². The molecular weight excluding hydrogens is 474 g/mol. The molecule has 0 aliphatic carbocycles. The Morgan fingerprint density at radius 2 is 1.72 bits per heavy atom. The van der Waals surface area contributed by atoms with E-state index in [-0.39, 0.29) is 21.8 Å². The minimum Gasteiger partial charge on any atom is -0.347 e. The molecule has 7 nitrogen and oxygen atoms in total. The Balaban J connectivity index is 1.55. The van der Waals surface area contributed by atoms with Crippen LogP contribution in [-0.2, 0) is 29.5 Å².